The lowest BCUT2D eigenvalue weighted by molar-refractivity contribution is -0.139. The summed E-state index contributed by atoms with van der Waals surface area (Å²) < 4.78 is 0. The van der Waals surface area contributed by atoms with E-state index in [0.29, 0.717) is 11.7 Å². The molecule has 0 saturated heterocycles. The summed E-state index contributed by atoms with van der Waals surface area (Å²) in [5.41, 5.74) is 3.41. The van der Waals surface area contributed by atoms with Crippen molar-refractivity contribution in [2.45, 2.75) is 35.8 Å². The number of fused-ring (bicyclic) bond motifs is 1. The maximum Gasteiger partial charge on any atom is 0.311 e. The average Bonchev–Trinajstić information content (AvgIpc) is 2.88. The first-order valence-electron chi connectivity index (χ1n) is 7.17. The first-order valence-corrected chi connectivity index (χ1v) is 8.05. The minimum Gasteiger partial charge on any atom is -0.481 e. The summed E-state index contributed by atoms with van der Waals surface area (Å²) >= 11 is 1.82. The molecule has 108 valence electrons. The number of thioether (sulfide) groups is 1. The predicted octanol–water partition coefficient (Wildman–Crippen LogP) is 4.27. The SMILES string of the molecule is Cc1ccc(C(CC2Cc3ccccc3S2)C(=O)O)cc1. The van der Waals surface area contributed by atoms with Crippen LogP contribution in [0.5, 0.6) is 0 Å². The van der Waals surface area contributed by atoms with Crippen LogP contribution in [-0.2, 0) is 11.2 Å². The Bertz CT molecular complexity index is 624. The monoisotopic (exact) mass is 298 g/mol. The molecular weight excluding hydrogens is 280 g/mol. The topological polar surface area (TPSA) is 37.3 Å². The Morgan fingerprint density at radius 1 is 1.24 bits per heavy atom. The van der Waals surface area contributed by atoms with Crippen LogP contribution in [0.2, 0.25) is 0 Å². The van der Waals surface area contributed by atoms with E-state index in [1.165, 1.54) is 10.5 Å². The third-order valence-corrected chi connectivity index (χ3v) is 5.33. The van der Waals surface area contributed by atoms with Crippen LogP contribution in [0, 0.1) is 6.92 Å². The van der Waals surface area contributed by atoms with Crippen LogP contribution in [0.25, 0.3) is 0 Å². The highest BCUT2D eigenvalue weighted by molar-refractivity contribution is 8.00. The van der Waals surface area contributed by atoms with E-state index in [1.807, 2.05) is 49.0 Å². The Balaban J connectivity index is 1.75. The van der Waals surface area contributed by atoms with Gasteiger partial charge in [0.1, 0.15) is 0 Å². The molecule has 2 aromatic rings. The lowest BCUT2D eigenvalue weighted by Gasteiger charge is -2.17. The van der Waals surface area contributed by atoms with Gasteiger partial charge in [-0.25, -0.2) is 0 Å². The molecule has 1 N–H and O–H groups in total. The molecule has 0 spiro atoms. The van der Waals surface area contributed by atoms with E-state index in [0.717, 1.165) is 17.5 Å². The molecule has 2 unspecified atom stereocenters. The van der Waals surface area contributed by atoms with Gasteiger partial charge in [0.2, 0.25) is 0 Å². The van der Waals surface area contributed by atoms with Crippen LogP contribution in [0.15, 0.2) is 53.4 Å². The molecule has 0 bridgehead atoms. The van der Waals surface area contributed by atoms with Crippen molar-refractivity contribution in [3.63, 3.8) is 0 Å². The smallest absolute Gasteiger partial charge is 0.311 e. The van der Waals surface area contributed by atoms with Gasteiger partial charge in [-0.05, 0) is 37.0 Å². The largest absolute Gasteiger partial charge is 0.481 e. The molecule has 0 saturated carbocycles. The Morgan fingerprint density at radius 3 is 2.62 bits per heavy atom. The fraction of sp³-hybridized carbons (Fsp3) is 0.278. The standard InChI is InChI=1S/C18H18O2S/c1-12-6-8-13(9-7-12)16(18(19)20)11-15-10-14-4-2-3-5-17(14)21-15/h2-9,15-16H,10-11H2,1H3,(H,19,20). The third kappa shape index (κ3) is 3.13. The van der Waals surface area contributed by atoms with Gasteiger partial charge in [0, 0.05) is 10.1 Å². The molecule has 2 aromatic carbocycles. The zero-order valence-electron chi connectivity index (χ0n) is 12.0. The molecule has 3 rings (SSSR count). The third-order valence-electron chi connectivity index (χ3n) is 3.99. The van der Waals surface area contributed by atoms with Gasteiger partial charge < -0.3 is 5.11 Å². The lowest BCUT2D eigenvalue weighted by atomic mass is 9.92. The van der Waals surface area contributed by atoms with Crippen molar-refractivity contribution in [3.05, 3.63) is 65.2 Å². The van der Waals surface area contributed by atoms with Crippen molar-refractivity contribution >= 4 is 17.7 Å². The number of carboxylic acid groups (broad SMARTS) is 1. The van der Waals surface area contributed by atoms with Crippen molar-refractivity contribution in [1.29, 1.82) is 0 Å². The summed E-state index contributed by atoms with van der Waals surface area (Å²) in [5.74, 6) is -1.15. The molecule has 1 heterocycles. The van der Waals surface area contributed by atoms with Crippen molar-refractivity contribution in [2.24, 2.45) is 0 Å². The van der Waals surface area contributed by atoms with Gasteiger partial charge in [-0.1, -0.05) is 48.0 Å². The Morgan fingerprint density at radius 2 is 1.95 bits per heavy atom. The highest BCUT2D eigenvalue weighted by Crippen LogP contribution is 2.41. The number of hydrogen-bond donors (Lipinski definition) is 1. The van der Waals surface area contributed by atoms with Crippen molar-refractivity contribution in [1.82, 2.24) is 0 Å². The molecule has 3 heteroatoms. The minimum atomic E-state index is -0.726. The maximum absolute atomic E-state index is 11.6. The second-order valence-electron chi connectivity index (χ2n) is 5.59. The first-order chi connectivity index (χ1) is 10.1. The Hall–Kier alpha value is -1.74. The summed E-state index contributed by atoms with van der Waals surface area (Å²) in [6, 6.07) is 16.2. The normalized spacial score (nSPS) is 18.2. The fourth-order valence-electron chi connectivity index (χ4n) is 2.83. The number of carboxylic acids is 1. The van der Waals surface area contributed by atoms with Crippen LogP contribution in [0.4, 0.5) is 0 Å². The van der Waals surface area contributed by atoms with Crippen LogP contribution in [0.1, 0.15) is 29.0 Å². The molecule has 1 aliphatic heterocycles. The van der Waals surface area contributed by atoms with Gasteiger partial charge >= 0.3 is 5.97 Å². The number of carbonyl (C=O) groups is 1. The van der Waals surface area contributed by atoms with E-state index in [-0.39, 0.29) is 0 Å². The molecule has 0 aliphatic carbocycles. The van der Waals surface area contributed by atoms with Gasteiger partial charge in [0.25, 0.3) is 0 Å². The molecule has 21 heavy (non-hydrogen) atoms. The summed E-state index contributed by atoms with van der Waals surface area (Å²) in [4.78, 5) is 12.9. The number of benzene rings is 2. The van der Waals surface area contributed by atoms with E-state index in [9.17, 15) is 9.90 Å². The predicted molar refractivity (Wildman–Crippen MR) is 86.0 cm³/mol. The summed E-state index contributed by atoms with van der Waals surface area (Å²) in [7, 11) is 0. The second-order valence-corrected chi connectivity index (χ2v) is 6.93. The fourth-order valence-corrected chi connectivity index (χ4v) is 4.20. The van der Waals surface area contributed by atoms with E-state index in [2.05, 4.69) is 18.2 Å². The van der Waals surface area contributed by atoms with Crippen molar-refractivity contribution in [2.75, 3.05) is 0 Å². The average molecular weight is 298 g/mol. The zero-order valence-corrected chi connectivity index (χ0v) is 12.8. The van der Waals surface area contributed by atoms with E-state index < -0.39 is 11.9 Å². The highest BCUT2D eigenvalue weighted by atomic mass is 32.2. The van der Waals surface area contributed by atoms with Gasteiger partial charge in [-0.2, -0.15) is 0 Å². The molecule has 0 amide bonds. The lowest BCUT2D eigenvalue weighted by Crippen LogP contribution is -2.17. The number of rotatable bonds is 4. The molecule has 0 aromatic heterocycles. The van der Waals surface area contributed by atoms with Crippen molar-refractivity contribution in [3.8, 4) is 0 Å². The number of hydrogen-bond acceptors (Lipinski definition) is 2. The minimum absolute atomic E-state index is 0.352. The summed E-state index contributed by atoms with van der Waals surface area (Å²) in [5, 5.41) is 9.92. The summed E-state index contributed by atoms with van der Waals surface area (Å²) in [6.07, 6.45) is 1.65. The highest BCUT2D eigenvalue weighted by Gasteiger charge is 2.29. The molecule has 1 aliphatic rings. The molecule has 2 nitrogen and oxygen atoms in total. The molecular formula is C18H18O2S. The quantitative estimate of drug-likeness (QED) is 0.916. The maximum atomic E-state index is 11.6. The van der Waals surface area contributed by atoms with Gasteiger partial charge in [0.15, 0.2) is 0 Å². The van der Waals surface area contributed by atoms with E-state index in [1.54, 1.807) is 0 Å². The molecule has 0 radical (unpaired) electrons. The van der Waals surface area contributed by atoms with Gasteiger partial charge in [-0.15, -0.1) is 11.8 Å². The number of aliphatic carboxylic acids is 1. The van der Waals surface area contributed by atoms with Gasteiger partial charge in [0.05, 0.1) is 5.92 Å². The first kappa shape index (κ1) is 14.2. The second kappa shape index (κ2) is 5.94. The van der Waals surface area contributed by atoms with Crippen LogP contribution in [-0.4, -0.2) is 16.3 Å². The van der Waals surface area contributed by atoms with Crippen molar-refractivity contribution < 1.29 is 9.90 Å². The Labute approximate surface area is 129 Å². The Kier molecular flexibility index (Phi) is 4.02. The van der Waals surface area contributed by atoms with E-state index >= 15 is 0 Å². The van der Waals surface area contributed by atoms with Crippen LogP contribution < -0.4 is 0 Å². The van der Waals surface area contributed by atoms with Crippen LogP contribution in [0.3, 0.4) is 0 Å². The number of aryl methyl sites for hydroxylation is 1. The zero-order chi connectivity index (χ0) is 14.8. The molecule has 2 atom stereocenters. The molecule has 0 fully saturated rings. The van der Waals surface area contributed by atoms with E-state index in [4.69, 9.17) is 0 Å². The van der Waals surface area contributed by atoms with Gasteiger partial charge in [-0.3, -0.25) is 4.79 Å². The van der Waals surface area contributed by atoms with Crippen LogP contribution >= 0.6 is 11.8 Å². The summed E-state index contributed by atoms with van der Waals surface area (Å²) in [6.45, 7) is 2.02.